The van der Waals surface area contributed by atoms with Gasteiger partial charge >= 0.3 is 0 Å². The molecule has 0 aliphatic rings. The lowest BCUT2D eigenvalue weighted by molar-refractivity contribution is 0.901. The first-order valence-electron chi connectivity index (χ1n) is 5.21. The van der Waals surface area contributed by atoms with Crippen molar-refractivity contribution in [3.63, 3.8) is 0 Å². The van der Waals surface area contributed by atoms with Gasteiger partial charge in [-0.25, -0.2) is 0 Å². The minimum absolute atomic E-state index is 0.297. The molecule has 1 aromatic carbocycles. The van der Waals surface area contributed by atoms with Gasteiger partial charge in [-0.15, -0.1) is 5.10 Å². The number of benzene rings is 1. The Kier molecular flexibility index (Phi) is 3.05. The number of aromatic nitrogens is 3. The second kappa shape index (κ2) is 4.65. The maximum Gasteiger partial charge on any atom is 0.239 e. The molecule has 84 valence electrons. The predicted octanol–water partition coefficient (Wildman–Crippen LogP) is 1.35. The Labute approximate surface area is 94.1 Å². The smallest absolute Gasteiger partial charge is 0.239 e. The molecule has 2 aromatic rings. The number of nitrogens with two attached hydrogens (primary N) is 1. The average Bonchev–Trinajstić information content (AvgIpc) is 2.67. The molecule has 5 heteroatoms. The summed E-state index contributed by atoms with van der Waals surface area (Å²) in [7, 11) is 0. The second-order valence-electron chi connectivity index (χ2n) is 3.68. The standard InChI is InChI=1S/C11H15N5/c1-8-2-4-9(5-3-8)13-7-6-10-14-11(12)16-15-10/h2-5,13H,6-7H2,1H3,(H3,12,14,15,16). The molecule has 0 radical (unpaired) electrons. The topological polar surface area (TPSA) is 79.6 Å². The van der Waals surface area contributed by atoms with Gasteiger partial charge in [0.25, 0.3) is 0 Å². The number of rotatable bonds is 4. The summed E-state index contributed by atoms with van der Waals surface area (Å²) in [6.07, 6.45) is 0.776. The third kappa shape index (κ3) is 2.73. The van der Waals surface area contributed by atoms with Crippen LogP contribution in [0.1, 0.15) is 11.4 Å². The number of nitrogens with zero attached hydrogens (tertiary/aromatic N) is 2. The summed E-state index contributed by atoms with van der Waals surface area (Å²) >= 11 is 0. The van der Waals surface area contributed by atoms with E-state index in [9.17, 15) is 0 Å². The van der Waals surface area contributed by atoms with Crippen molar-refractivity contribution in [2.75, 3.05) is 17.6 Å². The first-order valence-corrected chi connectivity index (χ1v) is 5.21. The van der Waals surface area contributed by atoms with Crippen LogP contribution in [0.2, 0.25) is 0 Å². The highest BCUT2D eigenvalue weighted by atomic mass is 15.3. The van der Waals surface area contributed by atoms with Gasteiger partial charge in [0.05, 0.1) is 0 Å². The number of nitrogens with one attached hydrogen (secondary N) is 2. The van der Waals surface area contributed by atoms with Crippen LogP contribution in [-0.4, -0.2) is 21.7 Å². The minimum Gasteiger partial charge on any atom is -0.385 e. The lowest BCUT2D eigenvalue weighted by Gasteiger charge is -2.04. The molecule has 4 N–H and O–H groups in total. The maximum absolute atomic E-state index is 5.40. The molecule has 0 unspecified atom stereocenters. The fraction of sp³-hybridized carbons (Fsp3) is 0.273. The van der Waals surface area contributed by atoms with E-state index in [1.807, 2.05) is 0 Å². The number of hydrogen-bond donors (Lipinski definition) is 3. The Morgan fingerprint density at radius 2 is 2.06 bits per heavy atom. The van der Waals surface area contributed by atoms with Crippen LogP contribution in [-0.2, 0) is 6.42 Å². The van der Waals surface area contributed by atoms with Gasteiger partial charge in [0.2, 0.25) is 5.95 Å². The highest BCUT2D eigenvalue weighted by molar-refractivity contribution is 5.44. The molecular weight excluding hydrogens is 202 g/mol. The largest absolute Gasteiger partial charge is 0.385 e. The van der Waals surface area contributed by atoms with Gasteiger partial charge < -0.3 is 11.1 Å². The molecule has 0 saturated heterocycles. The van der Waals surface area contributed by atoms with Crippen molar-refractivity contribution in [1.82, 2.24) is 15.2 Å². The van der Waals surface area contributed by atoms with Crippen LogP contribution >= 0.6 is 0 Å². The first-order chi connectivity index (χ1) is 7.74. The fourth-order valence-electron chi connectivity index (χ4n) is 1.42. The molecule has 0 saturated carbocycles. The first kappa shape index (κ1) is 10.5. The number of anilines is 2. The van der Waals surface area contributed by atoms with Crippen molar-refractivity contribution in [3.05, 3.63) is 35.7 Å². The molecule has 0 spiro atoms. The van der Waals surface area contributed by atoms with Gasteiger partial charge in [0, 0.05) is 18.7 Å². The zero-order chi connectivity index (χ0) is 11.4. The fourth-order valence-corrected chi connectivity index (χ4v) is 1.42. The van der Waals surface area contributed by atoms with Gasteiger partial charge in [-0.3, -0.25) is 5.10 Å². The van der Waals surface area contributed by atoms with E-state index in [2.05, 4.69) is 51.7 Å². The highest BCUT2D eigenvalue weighted by Gasteiger charge is 1.98. The molecule has 2 rings (SSSR count). The molecular formula is C11H15N5. The van der Waals surface area contributed by atoms with Gasteiger partial charge in [0.1, 0.15) is 5.82 Å². The van der Waals surface area contributed by atoms with Crippen molar-refractivity contribution < 1.29 is 0 Å². The zero-order valence-electron chi connectivity index (χ0n) is 9.20. The molecule has 0 aliphatic heterocycles. The zero-order valence-corrected chi connectivity index (χ0v) is 9.20. The van der Waals surface area contributed by atoms with E-state index in [1.54, 1.807) is 0 Å². The molecule has 16 heavy (non-hydrogen) atoms. The summed E-state index contributed by atoms with van der Waals surface area (Å²) < 4.78 is 0. The monoisotopic (exact) mass is 217 g/mol. The Morgan fingerprint density at radius 3 is 2.69 bits per heavy atom. The van der Waals surface area contributed by atoms with Crippen LogP contribution in [0.3, 0.4) is 0 Å². The Bertz CT molecular complexity index is 446. The lowest BCUT2D eigenvalue weighted by atomic mass is 10.2. The van der Waals surface area contributed by atoms with E-state index >= 15 is 0 Å². The maximum atomic E-state index is 5.40. The van der Waals surface area contributed by atoms with Crippen molar-refractivity contribution >= 4 is 11.6 Å². The quantitative estimate of drug-likeness (QED) is 0.722. The summed E-state index contributed by atoms with van der Waals surface area (Å²) in [5, 5.41) is 9.84. The Morgan fingerprint density at radius 1 is 1.31 bits per heavy atom. The number of hydrogen-bond acceptors (Lipinski definition) is 4. The van der Waals surface area contributed by atoms with Gasteiger partial charge in [0.15, 0.2) is 0 Å². The van der Waals surface area contributed by atoms with E-state index < -0.39 is 0 Å². The van der Waals surface area contributed by atoms with E-state index in [0.29, 0.717) is 5.95 Å². The normalized spacial score (nSPS) is 10.3. The summed E-state index contributed by atoms with van der Waals surface area (Å²) in [5.74, 6) is 1.10. The summed E-state index contributed by atoms with van der Waals surface area (Å²) in [6, 6.07) is 8.28. The van der Waals surface area contributed by atoms with Crippen molar-refractivity contribution in [2.45, 2.75) is 13.3 Å². The SMILES string of the molecule is Cc1ccc(NCCc2nc(N)n[nH]2)cc1. The lowest BCUT2D eigenvalue weighted by Crippen LogP contribution is -2.05. The number of aromatic amines is 1. The average molecular weight is 217 g/mol. The summed E-state index contributed by atoms with van der Waals surface area (Å²) in [5.41, 5.74) is 7.77. The van der Waals surface area contributed by atoms with Crippen molar-refractivity contribution in [2.24, 2.45) is 0 Å². The van der Waals surface area contributed by atoms with Crippen LogP contribution < -0.4 is 11.1 Å². The Hall–Kier alpha value is -2.04. The third-order valence-electron chi connectivity index (χ3n) is 2.29. The van der Waals surface area contributed by atoms with E-state index in [4.69, 9.17) is 5.73 Å². The van der Waals surface area contributed by atoms with Gasteiger partial charge in [-0.1, -0.05) is 17.7 Å². The van der Waals surface area contributed by atoms with E-state index in [1.165, 1.54) is 5.56 Å². The number of H-pyrrole nitrogens is 1. The highest BCUT2D eigenvalue weighted by Crippen LogP contribution is 2.08. The van der Waals surface area contributed by atoms with Crippen LogP contribution in [0.5, 0.6) is 0 Å². The summed E-state index contributed by atoms with van der Waals surface area (Å²) in [6.45, 7) is 2.87. The molecule has 0 aliphatic carbocycles. The molecule has 1 aromatic heterocycles. The minimum atomic E-state index is 0.297. The Balaban J connectivity index is 1.82. The number of aryl methyl sites for hydroxylation is 1. The van der Waals surface area contributed by atoms with E-state index in [0.717, 1.165) is 24.5 Å². The molecule has 0 atom stereocenters. The predicted molar refractivity (Wildman–Crippen MR) is 64.2 cm³/mol. The second-order valence-corrected chi connectivity index (χ2v) is 3.68. The van der Waals surface area contributed by atoms with Gasteiger partial charge in [-0.2, -0.15) is 4.98 Å². The van der Waals surface area contributed by atoms with Gasteiger partial charge in [-0.05, 0) is 19.1 Å². The number of nitrogen functional groups attached to an aromatic ring is 1. The van der Waals surface area contributed by atoms with Crippen LogP contribution in [0.15, 0.2) is 24.3 Å². The van der Waals surface area contributed by atoms with Crippen LogP contribution in [0, 0.1) is 6.92 Å². The molecule has 0 bridgehead atoms. The summed E-state index contributed by atoms with van der Waals surface area (Å²) in [4.78, 5) is 4.03. The van der Waals surface area contributed by atoms with Crippen LogP contribution in [0.25, 0.3) is 0 Å². The molecule has 5 nitrogen and oxygen atoms in total. The molecule has 0 fully saturated rings. The molecule has 0 amide bonds. The van der Waals surface area contributed by atoms with Crippen molar-refractivity contribution in [3.8, 4) is 0 Å². The molecule has 1 heterocycles. The van der Waals surface area contributed by atoms with Crippen LogP contribution in [0.4, 0.5) is 11.6 Å². The third-order valence-corrected chi connectivity index (χ3v) is 2.29. The van der Waals surface area contributed by atoms with E-state index in [-0.39, 0.29) is 0 Å². The van der Waals surface area contributed by atoms with Crippen molar-refractivity contribution in [1.29, 1.82) is 0 Å².